The maximum absolute atomic E-state index is 4.94. The average Bonchev–Trinajstić information content (AvgIpc) is 2.55. The molecule has 0 bridgehead atoms. The quantitative estimate of drug-likeness (QED) is 0.861. The molecule has 2 heterocycles. The summed E-state index contributed by atoms with van der Waals surface area (Å²) in [4.78, 5) is 14.4. The first-order valence-corrected chi connectivity index (χ1v) is 8.49. The van der Waals surface area contributed by atoms with Gasteiger partial charge in [-0.3, -0.25) is 0 Å². The molecule has 2 aromatic rings. The van der Waals surface area contributed by atoms with Gasteiger partial charge < -0.3 is 9.80 Å². The maximum atomic E-state index is 4.94. The van der Waals surface area contributed by atoms with Gasteiger partial charge in [-0.15, -0.1) is 0 Å². The second kappa shape index (κ2) is 6.51. The third kappa shape index (κ3) is 2.87. The van der Waals surface area contributed by atoms with Crippen LogP contribution in [0.5, 0.6) is 0 Å². The number of hydrogen-bond donors (Lipinski definition) is 0. The van der Waals surface area contributed by atoms with Crippen molar-refractivity contribution in [2.24, 2.45) is 5.92 Å². The summed E-state index contributed by atoms with van der Waals surface area (Å²) in [6, 6.07) is 8.36. The number of nitrogens with zero attached hydrogens (tertiary/aromatic N) is 4. The zero-order valence-corrected chi connectivity index (χ0v) is 13.9. The van der Waals surface area contributed by atoms with E-state index in [1.165, 1.54) is 12.8 Å². The number of anilines is 2. The van der Waals surface area contributed by atoms with Gasteiger partial charge in [-0.25, -0.2) is 4.98 Å². The molecule has 1 aromatic carbocycles. The minimum Gasteiger partial charge on any atom is -0.356 e. The monoisotopic (exact) mass is 298 g/mol. The zero-order chi connectivity index (χ0) is 15.5. The molecule has 1 aliphatic rings. The van der Waals surface area contributed by atoms with E-state index in [1.54, 1.807) is 0 Å². The fraction of sp³-hybridized carbons (Fsp3) is 0.556. The number of rotatable bonds is 4. The first-order chi connectivity index (χ1) is 10.7. The number of piperidine rings is 1. The van der Waals surface area contributed by atoms with Gasteiger partial charge in [0, 0.05) is 31.6 Å². The largest absolute Gasteiger partial charge is 0.356 e. The van der Waals surface area contributed by atoms with Crippen molar-refractivity contribution < 1.29 is 0 Å². The molecule has 1 fully saturated rings. The highest BCUT2D eigenvalue weighted by Crippen LogP contribution is 2.28. The van der Waals surface area contributed by atoms with Crippen LogP contribution in [0.25, 0.3) is 10.9 Å². The van der Waals surface area contributed by atoms with Crippen molar-refractivity contribution >= 4 is 22.7 Å². The number of hydrogen-bond acceptors (Lipinski definition) is 4. The topological polar surface area (TPSA) is 32.3 Å². The van der Waals surface area contributed by atoms with Gasteiger partial charge in [0.2, 0.25) is 5.95 Å². The van der Waals surface area contributed by atoms with Gasteiger partial charge >= 0.3 is 0 Å². The zero-order valence-electron chi connectivity index (χ0n) is 13.9. The summed E-state index contributed by atoms with van der Waals surface area (Å²) in [5, 5.41) is 1.15. The Morgan fingerprint density at radius 1 is 1.18 bits per heavy atom. The van der Waals surface area contributed by atoms with Crippen LogP contribution in [0.4, 0.5) is 11.8 Å². The van der Waals surface area contributed by atoms with E-state index in [-0.39, 0.29) is 0 Å². The molecule has 1 saturated heterocycles. The second-order valence-corrected chi connectivity index (χ2v) is 6.23. The molecule has 1 atom stereocenters. The Morgan fingerprint density at radius 3 is 2.68 bits per heavy atom. The average molecular weight is 298 g/mol. The number of para-hydroxylation sites is 1. The Kier molecular flexibility index (Phi) is 4.46. The van der Waals surface area contributed by atoms with Crippen LogP contribution in [0.3, 0.4) is 0 Å². The number of aromatic nitrogens is 2. The fourth-order valence-corrected chi connectivity index (χ4v) is 3.32. The van der Waals surface area contributed by atoms with Crippen LogP contribution < -0.4 is 9.80 Å². The molecule has 0 radical (unpaired) electrons. The van der Waals surface area contributed by atoms with Gasteiger partial charge in [-0.2, -0.15) is 4.98 Å². The van der Waals surface area contributed by atoms with E-state index in [9.17, 15) is 0 Å². The molecule has 1 aliphatic heterocycles. The fourth-order valence-electron chi connectivity index (χ4n) is 3.32. The Balaban J connectivity index is 2.07. The summed E-state index contributed by atoms with van der Waals surface area (Å²) in [6.45, 7) is 10.8. The Morgan fingerprint density at radius 2 is 1.95 bits per heavy atom. The van der Waals surface area contributed by atoms with E-state index < -0.39 is 0 Å². The van der Waals surface area contributed by atoms with E-state index in [4.69, 9.17) is 9.97 Å². The minimum atomic E-state index is 0.723. The summed E-state index contributed by atoms with van der Waals surface area (Å²) in [6.07, 6.45) is 2.55. The molecular formula is C18H26N4. The normalized spacial score (nSPS) is 18.7. The maximum Gasteiger partial charge on any atom is 0.227 e. The first-order valence-electron chi connectivity index (χ1n) is 8.49. The lowest BCUT2D eigenvalue weighted by Crippen LogP contribution is -2.36. The molecule has 0 spiro atoms. The van der Waals surface area contributed by atoms with Crippen molar-refractivity contribution in [2.75, 3.05) is 36.0 Å². The molecule has 0 N–H and O–H groups in total. The Labute approximate surface area is 133 Å². The summed E-state index contributed by atoms with van der Waals surface area (Å²) in [5.41, 5.74) is 1.05. The van der Waals surface area contributed by atoms with Crippen LogP contribution in [0.15, 0.2) is 24.3 Å². The SMILES string of the molecule is CCN(CC)c1nc(N2CCC[C@@H](C)C2)nc2ccccc12. The Bertz CT molecular complexity index is 636. The molecule has 22 heavy (non-hydrogen) atoms. The summed E-state index contributed by atoms with van der Waals surface area (Å²) >= 11 is 0. The van der Waals surface area contributed by atoms with Crippen LogP contribution in [-0.4, -0.2) is 36.1 Å². The molecule has 118 valence electrons. The van der Waals surface area contributed by atoms with Gasteiger partial charge in [0.15, 0.2) is 0 Å². The van der Waals surface area contributed by atoms with Gasteiger partial charge in [-0.05, 0) is 44.7 Å². The van der Waals surface area contributed by atoms with Crippen LogP contribution >= 0.6 is 0 Å². The van der Waals surface area contributed by atoms with Gasteiger partial charge in [0.05, 0.1) is 5.52 Å². The third-order valence-corrected chi connectivity index (χ3v) is 4.57. The van der Waals surface area contributed by atoms with Gasteiger partial charge in [0.1, 0.15) is 5.82 Å². The van der Waals surface area contributed by atoms with Gasteiger partial charge in [0.25, 0.3) is 0 Å². The molecule has 4 heteroatoms. The number of fused-ring (bicyclic) bond motifs is 1. The molecule has 1 aromatic heterocycles. The molecule has 3 rings (SSSR count). The van der Waals surface area contributed by atoms with Crippen molar-refractivity contribution in [1.29, 1.82) is 0 Å². The lowest BCUT2D eigenvalue weighted by atomic mass is 10.0. The molecule has 0 aliphatic carbocycles. The van der Waals surface area contributed by atoms with Gasteiger partial charge in [-0.1, -0.05) is 19.1 Å². The minimum absolute atomic E-state index is 0.723. The molecular weight excluding hydrogens is 272 g/mol. The van der Waals surface area contributed by atoms with E-state index in [1.807, 2.05) is 0 Å². The molecule has 0 unspecified atom stereocenters. The van der Waals surface area contributed by atoms with Crippen molar-refractivity contribution in [3.8, 4) is 0 Å². The lowest BCUT2D eigenvalue weighted by molar-refractivity contribution is 0.442. The van der Waals surface area contributed by atoms with Crippen LogP contribution in [0.1, 0.15) is 33.6 Å². The molecule has 4 nitrogen and oxygen atoms in total. The predicted molar refractivity (Wildman–Crippen MR) is 93.7 cm³/mol. The smallest absolute Gasteiger partial charge is 0.227 e. The Hall–Kier alpha value is -1.84. The highest BCUT2D eigenvalue weighted by molar-refractivity contribution is 5.90. The standard InChI is InChI=1S/C18H26N4/c1-4-21(5-2)17-15-10-6-7-11-16(15)19-18(20-17)22-12-8-9-14(3)13-22/h6-7,10-11,14H,4-5,8-9,12-13H2,1-3H3/t14-/m1/s1. The number of benzene rings is 1. The van der Waals surface area contributed by atoms with Crippen molar-refractivity contribution in [3.05, 3.63) is 24.3 Å². The van der Waals surface area contributed by atoms with Crippen LogP contribution in [0.2, 0.25) is 0 Å². The highest BCUT2D eigenvalue weighted by Gasteiger charge is 2.21. The van der Waals surface area contributed by atoms with E-state index in [0.29, 0.717) is 0 Å². The summed E-state index contributed by atoms with van der Waals surface area (Å²) in [7, 11) is 0. The first kappa shape index (κ1) is 15.1. The summed E-state index contributed by atoms with van der Waals surface area (Å²) in [5.74, 6) is 2.69. The van der Waals surface area contributed by atoms with Crippen LogP contribution in [0, 0.1) is 5.92 Å². The molecule has 0 amide bonds. The predicted octanol–water partition coefficient (Wildman–Crippen LogP) is 3.71. The van der Waals surface area contributed by atoms with Crippen LogP contribution in [-0.2, 0) is 0 Å². The van der Waals surface area contributed by atoms with Crippen molar-refractivity contribution in [3.63, 3.8) is 0 Å². The highest BCUT2D eigenvalue weighted by atomic mass is 15.3. The lowest BCUT2D eigenvalue weighted by Gasteiger charge is -2.32. The third-order valence-electron chi connectivity index (χ3n) is 4.57. The summed E-state index contributed by atoms with van der Waals surface area (Å²) < 4.78 is 0. The van der Waals surface area contributed by atoms with E-state index in [0.717, 1.165) is 54.8 Å². The second-order valence-electron chi connectivity index (χ2n) is 6.23. The van der Waals surface area contributed by atoms with E-state index in [2.05, 4.69) is 54.8 Å². The van der Waals surface area contributed by atoms with Crippen molar-refractivity contribution in [1.82, 2.24) is 9.97 Å². The van der Waals surface area contributed by atoms with Crippen molar-refractivity contribution in [2.45, 2.75) is 33.6 Å². The molecule has 0 saturated carbocycles. The van der Waals surface area contributed by atoms with E-state index >= 15 is 0 Å².